The number of rotatable bonds is 6. The maximum Gasteiger partial charge on any atom is 0.175 e. The van der Waals surface area contributed by atoms with Gasteiger partial charge in [0.1, 0.15) is 0 Å². The molecular weight excluding hydrogens is 207 g/mol. The van der Waals surface area contributed by atoms with E-state index in [-0.39, 0.29) is 0 Å². The summed E-state index contributed by atoms with van der Waals surface area (Å²) < 4.78 is 11.1. The van der Waals surface area contributed by atoms with Crippen LogP contribution in [0.1, 0.15) is 25.0 Å². The fraction of sp³-hybridized carbons (Fsp3) is 0.500. The summed E-state index contributed by atoms with van der Waals surface area (Å²) >= 11 is 0. The van der Waals surface area contributed by atoms with Gasteiger partial charge in [-0.15, -0.1) is 0 Å². The summed E-state index contributed by atoms with van der Waals surface area (Å²) in [6.07, 6.45) is 0.886. The number of aryl methyl sites for hydroxylation is 1. The van der Waals surface area contributed by atoms with Crippen molar-refractivity contribution >= 4 is 8.38 Å². The maximum atomic E-state index is 5.56. The Hall–Kier alpha value is -0.430. The maximum absolute atomic E-state index is 5.56. The van der Waals surface area contributed by atoms with Gasteiger partial charge in [-0.3, -0.25) is 0 Å². The molecule has 0 amide bonds. The molecule has 0 spiro atoms. The second-order valence-electron chi connectivity index (χ2n) is 3.31. The Balaban J connectivity index is 2.53. The largest absolute Gasteiger partial charge is 0.334 e. The molecule has 0 saturated heterocycles. The van der Waals surface area contributed by atoms with Crippen molar-refractivity contribution in [3.05, 3.63) is 35.4 Å². The van der Waals surface area contributed by atoms with Crippen LogP contribution in [-0.2, 0) is 15.2 Å². The Morgan fingerprint density at radius 2 is 1.53 bits per heavy atom. The molecular formula is C12H19O2P. The first kappa shape index (κ1) is 12.6. The second-order valence-corrected chi connectivity index (χ2v) is 4.81. The number of hydrogen-bond acceptors (Lipinski definition) is 2. The van der Waals surface area contributed by atoms with Crippen LogP contribution in [-0.4, -0.2) is 13.2 Å². The van der Waals surface area contributed by atoms with Crippen LogP contribution >= 0.6 is 8.38 Å². The van der Waals surface area contributed by atoms with E-state index >= 15 is 0 Å². The van der Waals surface area contributed by atoms with Gasteiger partial charge in [0.05, 0.1) is 13.2 Å². The van der Waals surface area contributed by atoms with E-state index in [1.807, 2.05) is 13.8 Å². The van der Waals surface area contributed by atoms with Crippen molar-refractivity contribution in [3.8, 4) is 0 Å². The highest BCUT2D eigenvalue weighted by molar-refractivity contribution is 7.46. The molecule has 0 N–H and O–H groups in total. The Morgan fingerprint density at radius 1 is 1.00 bits per heavy atom. The highest BCUT2D eigenvalue weighted by Crippen LogP contribution is 2.41. The minimum absolute atomic E-state index is 0.720. The lowest BCUT2D eigenvalue weighted by molar-refractivity contribution is 0.268. The standard InChI is InChI=1S/C12H19O2P/c1-4-13-15(14-5-2)10-12-8-6-11(3)7-9-12/h6-9H,4-5,10H2,1-3H3. The summed E-state index contributed by atoms with van der Waals surface area (Å²) in [6.45, 7) is 7.54. The van der Waals surface area contributed by atoms with Crippen LogP contribution in [0.2, 0.25) is 0 Å². The molecule has 1 aromatic carbocycles. The lowest BCUT2D eigenvalue weighted by Gasteiger charge is -2.15. The third-order valence-electron chi connectivity index (χ3n) is 1.98. The lowest BCUT2D eigenvalue weighted by Crippen LogP contribution is -1.94. The van der Waals surface area contributed by atoms with Crippen LogP contribution in [0.5, 0.6) is 0 Å². The van der Waals surface area contributed by atoms with E-state index in [9.17, 15) is 0 Å². The molecule has 0 saturated carbocycles. The van der Waals surface area contributed by atoms with E-state index in [0.29, 0.717) is 0 Å². The third kappa shape index (κ3) is 4.74. The van der Waals surface area contributed by atoms with Gasteiger partial charge in [0.25, 0.3) is 0 Å². The van der Waals surface area contributed by atoms with Crippen LogP contribution in [0.3, 0.4) is 0 Å². The molecule has 0 atom stereocenters. The first-order valence-corrected chi connectivity index (χ1v) is 6.71. The van der Waals surface area contributed by atoms with Gasteiger partial charge in [0.15, 0.2) is 8.38 Å². The third-order valence-corrected chi connectivity index (χ3v) is 3.69. The van der Waals surface area contributed by atoms with Gasteiger partial charge in [-0.25, -0.2) is 0 Å². The fourth-order valence-electron chi connectivity index (χ4n) is 1.26. The highest BCUT2D eigenvalue weighted by Gasteiger charge is 2.09. The molecule has 1 rings (SSSR count). The fourth-order valence-corrected chi connectivity index (χ4v) is 2.60. The van der Waals surface area contributed by atoms with Gasteiger partial charge in [0, 0.05) is 6.16 Å². The molecule has 15 heavy (non-hydrogen) atoms. The van der Waals surface area contributed by atoms with Gasteiger partial charge in [-0.2, -0.15) is 0 Å². The molecule has 0 aliphatic carbocycles. The molecule has 0 aliphatic rings. The van der Waals surface area contributed by atoms with Gasteiger partial charge in [-0.1, -0.05) is 29.8 Å². The number of benzene rings is 1. The van der Waals surface area contributed by atoms with E-state index in [1.54, 1.807) is 0 Å². The highest BCUT2D eigenvalue weighted by atomic mass is 31.2. The summed E-state index contributed by atoms with van der Waals surface area (Å²) in [5.74, 6) is 0. The van der Waals surface area contributed by atoms with Crippen LogP contribution in [0.15, 0.2) is 24.3 Å². The van der Waals surface area contributed by atoms with Crippen LogP contribution in [0.4, 0.5) is 0 Å². The summed E-state index contributed by atoms with van der Waals surface area (Å²) in [5, 5.41) is 0. The van der Waals surface area contributed by atoms with Crippen LogP contribution in [0.25, 0.3) is 0 Å². The minimum atomic E-state index is -0.747. The summed E-state index contributed by atoms with van der Waals surface area (Å²) in [7, 11) is -0.747. The van der Waals surface area contributed by atoms with Crippen molar-refractivity contribution in [2.75, 3.05) is 13.2 Å². The Labute approximate surface area is 93.5 Å². The molecule has 0 unspecified atom stereocenters. The first-order chi connectivity index (χ1) is 7.26. The quantitative estimate of drug-likeness (QED) is 0.685. The van der Waals surface area contributed by atoms with Crippen LogP contribution in [0, 0.1) is 6.92 Å². The monoisotopic (exact) mass is 226 g/mol. The smallest absolute Gasteiger partial charge is 0.175 e. The van der Waals surface area contributed by atoms with Crippen LogP contribution < -0.4 is 0 Å². The molecule has 2 nitrogen and oxygen atoms in total. The van der Waals surface area contributed by atoms with E-state index < -0.39 is 8.38 Å². The molecule has 0 aliphatic heterocycles. The van der Waals surface area contributed by atoms with Gasteiger partial charge in [-0.05, 0) is 26.3 Å². The molecule has 0 heterocycles. The molecule has 3 heteroatoms. The molecule has 0 aromatic heterocycles. The normalized spacial score (nSPS) is 10.9. The van der Waals surface area contributed by atoms with E-state index in [1.165, 1.54) is 11.1 Å². The summed E-state index contributed by atoms with van der Waals surface area (Å²) in [6, 6.07) is 8.53. The zero-order valence-electron chi connectivity index (χ0n) is 9.69. The van der Waals surface area contributed by atoms with Crippen molar-refractivity contribution in [1.82, 2.24) is 0 Å². The minimum Gasteiger partial charge on any atom is -0.334 e. The topological polar surface area (TPSA) is 18.5 Å². The molecule has 0 radical (unpaired) electrons. The van der Waals surface area contributed by atoms with Gasteiger partial charge in [0.2, 0.25) is 0 Å². The zero-order chi connectivity index (χ0) is 11.1. The van der Waals surface area contributed by atoms with Gasteiger partial charge < -0.3 is 9.05 Å². The van der Waals surface area contributed by atoms with E-state index in [0.717, 1.165) is 19.4 Å². The molecule has 0 fully saturated rings. The Kier molecular flexibility index (Phi) is 5.85. The SMILES string of the molecule is CCOP(Cc1ccc(C)cc1)OCC. The Morgan fingerprint density at radius 3 is 2.00 bits per heavy atom. The second kappa shape index (κ2) is 6.95. The van der Waals surface area contributed by atoms with Crippen molar-refractivity contribution in [2.45, 2.75) is 26.9 Å². The molecule has 0 bridgehead atoms. The molecule has 1 aromatic rings. The van der Waals surface area contributed by atoms with Crippen molar-refractivity contribution in [2.24, 2.45) is 0 Å². The van der Waals surface area contributed by atoms with Crippen molar-refractivity contribution in [1.29, 1.82) is 0 Å². The summed E-state index contributed by atoms with van der Waals surface area (Å²) in [4.78, 5) is 0. The molecule has 84 valence electrons. The van der Waals surface area contributed by atoms with Crippen molar-refractivity contribution < 1.29 is 9.05 Å². The van der Waals surface area contributed by atoms with E-state index in [2.05, 4.69) is 31.2 Å². The number of hydrogen-bond donors (Lipinski definition) is 0. The lowest BCUT2D eigenvalue weighted by atomic mass is 10.2. The Bertz CT molecular complexity index is 265. The van der Waals surface area contributed by atoms with E-state index in [4.69, 9.17) is 9.05 Å². The predicted octanol–water partition coefficient (Wildman–Crippen LogP) is 3.88. The average molecular weight is 226 g/mol. The first-order valence-electron chi connectivity index (χ1n) is 5.35. The average Bonchev–Trinajstić information content (AvgIpc) is 2.22. The zero-order valence-corrected chi connectivity index (χ0v) is 10.6. The van der Waals surface area contributed by atoms with Crippen molar-refractivity contribution in [3.63, 3.8) is 0 Å². The summed E-state index contributed by atoms with van der Waals surface area (Å²) in [5.41, 5.74) is 2.57. The van der Waals surface area contributed by atoms with Gasteiger partial charge >= 0.3 is 0 Å². The predicted molar refractivity (Wildman–Crippen MR) is 65.1 cm³/mol.